The molecular formula is C54H34N4. The van der Waals surface area contributed by atoms with Gasteiger partial charge in [-0.25, -0.2) is 9.97 Å². The Morgan fingerprint density at radius 3 is 1.72 bits per heavy atom. The summed E-state index contributed by atoms with van der Waals surface area (Å²) >= 11 is 0. The molecule has 0 saturated heterocycles. The molecule has 0 aliphatic carbocycles. The third-order valence-electron chi connectivity index (χ3n) is 11.7. The quantitative estimate of drug-likeness (QED) is 0.176. The highest BCUT2D eigenvalue weighted by molar-refractivity contribution is 6.26. The summed E-state index contributed by atoms with van der Waals surface area (Å²) in [5.41, 5.74) is 11.8. The van der Waals surface area contributed by atoms with Crippen LogP contribution in [0.2, 0.25) is 0 Å². The fourth-order valence-corrected chi connectivity index (χ4v) is 9.05. The molecule has 0 radical (unpaired) electrons. The smallest absolute Gasteiger partial charge is 0.160 e. The topological polar surface area (TPSA) is 35.6 Å². The average molecular weight is 739 g/mol. The lowest BCUT2D eigenvalue weighted by Crippen LogP contribution is -2.00. The van der Waals surface area contributed by atoms with E-state index in [1.165, 1.54) is 43.4 Å². The van der Waals surface area contributed by atoms with Crippen molar-refractivity contribution in [2.45, 2.75) is 0 Å². The number of benzene rings is 9. The number of aromatic nitrogens is 4. The highest BCUT2D eigenvalue weighted by Crippen LogP contribution is 2.43. The lowest BCUT2D eigenvalue weighted by Gasteiger charge is -2.15. The van der Waals surface area contributed by atoms with Crippen LogP contribution >= 0.6 is 0 Å². The van der Waals surface area contributed by atoms with Crippen molar-refractivity contribution in [2.24, 2.45) is 0 Å². The Bertz CT molecular complexity index is 3560. The van der Waals surface area contributed by atoms with Gasteiger partial charge >= 0.3 is 0 Å². The van der Waals surface area contributed by atoms with Crippen LogP contribution in [-0.4, -0.2) is 19.1 Å². The molecule has 0 fully saturated rings. The minimum absolute atomic E-state index is 0.684. The third-order valence-corrected chi connectivity index (χ3v) is 11.7. The van der Waals surface area contributed by atoms with Crippen molar-refractivity contribution in [3.05, 3.63) is 206 Å². The van der Waals surface area contributed by atoms with Crippen LogP contribution in [0.1, 0.15) is 0 Å². The van der Waals surface area contributed by atoms with Crippen LogP contribution in [0.15, 0.2) is 206 Å². The normalized spacial score (nSPS) is 11.8. The minimum Gasteiger partial charge on any atom is -0.309 e. The van der Waals surface area contributed by atoms with Crippen LogP contribution in [0.25, 0.3) is 110 Å². The van der Waals surface area contributed by atoms with Gasteiger partial charge < -0.3 is 9.13 Å². The molecule has 270 valence electrons. The molecule has 0 aliphatic rings. The van der Waals surface area contributed by atoms with Gasteiger partial charge in [0.05, 0.1) is 39.1 Å². The zero-order valence-corrected chi connectivity index (χ0v) is 31.4. The Labute approximate surface area is 334 Å². The molecule has 12 aromatic rings. The molecular weight excluding hydrogens is 705 g/mol. The maximum atomic E-state index is 5.35. The third kappa shape index (κ3) is 5.02. The van der Waals surface area contributed by atoms with Gasteiger partial charge in [0.1, 0.15) is 0 Å². The van der Waals surface area contributed by atoms with Crippen molar-refractivity contribution >= 4 is 65.2 Å². The SMILES string of the molecule is c1ccc(-c2cc(-c3ccc4ccccc4c3)nc(-c3cc(-n4c5ccccc5c5c4ccc4c6ccccc6n(-c6ccccc6)c45)c4ccccc4c3)n2)cc1. The highest BCUT2D eigenvalue weighted by atomic mass is 15.0. The van der Waals surface area contributed by atoms with Gasteiger partial charge in [0.15, 0.2) is 5.82 Å². The first-order chi connectivity index (χ1) is 28.8. The van der Waals surface area contributed by atoms with Gasteiger partial charge in [-0.3, -0.25) is 0 Å². The molecule has 0 unspecified atom stereocenters. The van der Waals surface area contributed by atoms with Gasteiger partial charge in [-0.1, -0.05) is 152 Å². The zero-order valence-electron chi connectivity index (χ0n) is 31.4. The van der Waals surface area contributed by atoms with E-state index in [4.69, 9.17) is 9.97 Å². The van der Waals surface area contributed by atoms with Crippen molar-refractivity contribution in [3.63, 3.8) is 0 Å². The van der Waals surface area contributed by atoms with Gasteiger partial charge in [-0.2, -0.15) is 0 Å². The number of nitrogens with zero attached hydrogens (tertiary/aromatic N) is 4. The minimum atomic E-state index is 0.684. The lowest BCUT2D eigenvalue weighted by molar-refractivity contribution is 1.17. The molecule has 0 bridgehead atoms. The average Bonchev–Trinajstić information content (AvgIpc) is 3.82. The number of hydrogen-bond donors (Lipinski definition) is 0. The first-order valence-electron chi connectivity index (χ1n) is 19.7. The summed E-state index contributed by atoms with van der Waals surface area (Å²) in [5, 5.41) is 9.58. The summed E-state index contributed by atoms with van der Waals surface area (Å²) in [5.74, 6) is 0.684. The highest BCUT2D eigenvalue weighted by Gasteiger charge is 2.22. The van der Waals surface area contributed by atoms with E-state index in [2.05, 4.69) is 209 Å². The Hall–Kier alpha value is -7.82. The second-order valence-electron chi connectivity index (χ2n) is 15.0. The van der Waals surface area contributed by atoms with Crippen LogP contribution in [0.3, 0.4) is 0 Å². The molecule has 0 aliphatic heterocycles. The Kier molecular flexibility index (Phi) is 7.20. The molecule has 0 N–H and O–H groups in total. The van der Waals surface area contributed by atoms with E-state index in [0.29, 0.717) is 5.82 Å². The van der Waals surface area contributed by atoms with Crippen molar-refractivity contribution in [2.75, 3.05) is 0 Å². The predicted molar refractivity (Wildman–Crippen MR) is 242 cm³/mol. The number of fused-ring (bicyclic) bond motifs is 9. The molecule has 0 spiro atoms. The zero-order chi connectivity index (χ0) is 38.2. The number of para-hydroxylation sites is 3. The van der Waals surface area contributed by atoms with Gasteiger partial charge in [0.25, 0.3) is 0 Å². The van der Waals surface area contributed by atoms with E-state index in [1.54, 1.807) is 0 Å². The van der Waals surface area contributed by atoms with E-state index in [0.717, 1.165) is 61.3 Å². The summed E-state index contributed by atoms with van der Waals surface area (Å²) < 4.78 is 4.89. The first-order valence-corrected chi connectivity index (χ1v) is 19.7. The second-order valence-corrected chi connectivity index (χ2v) is 15.0. The maximum Gasteiger partial charge on any atom is 0.160 e. The monoisotopic (exact) mass is 738 g/mol. The van der Waals surface area contributed by atoms with Gasteiger partial charge in [-0.15, -0.1) is 0 Å². The molecule has 0 atom stereocenters. The van der Waals surface area contributed by atoms with Crippen molar-refractivity contribution < 1.29 is 0 Å². The molecule has 12 rings (SSSR count). The standard InChI is InChI=1S/C54H34N4/c1-3-16-36(17-4-1)46-34-47(39-28-27-35-15-7-8-18-37(35)31-39)56-54(55-46)40-32-38-19-9-10-22-42(38)51(33-40)58-49-26-14-12-24-45(49)52-50(58)30-29-44-43-23-11-13-25-48(43)57(53(44)52)41-20-5-2-6-21-41/h1-34H. The number of hydrogen-bond acceptors (Lipinski definition) is 2. The maximum absolute atomic E-state index is 5.35. The Balaban J connectivity index is 1.16. The summed E-state index contributed by atoms with van der Waals surface area (Å²) in [4.78, 5) is 10.6. The molecule has 58 heavy (non-hydrogen) atoms. The lowest BCUT2D eigenvalue weighted by atomic mass is 10.0. The van der Waals surface area contributed by atoms with E-state index in [9.17, 15) is 0 Å². The number of rotatable bonds is 5. The molecule has 4 nitrogen and oxygen atoms in total. The fourth-order valence-electron chi connectivity index (χ4n) is 9.05. The first kappa shape index (κ1) is 32.4. The van der Waals surface area contributed by atoms with Gasteiger partial charge in [0, 0.05) is 49.3 Å². The van der Waals surface area contributed by atoms with Crippen molar-refractivity contribution in [1.29, 1.82) is 0 Å². The Morgan fingerprint density at radius 2 is 0.931 bits per heavy atom. The summed E-state index contributed by atoms with van der Waals surface area (Å²) in [7, 11) is 0. The van der Waals surface area contributed by atoms with E-state index >= 15 is 0 Å². The molecule has 3 aromatic heterocycles. The van der Waals surface area contributed by atoms with Crippen LogP contribution in [0, 0.1) is 0 Å². The largest absolute Gasteiger partial charge is 0.309 e. The van der Waals surface area contributed by atoms with E-state index < -0.39 is 0 Å². The molecule has 3 heterocycles. The van der Waals surface area contributed by atoms with Crippen LogP contribution in [0.4, 0.5) is 0 Å². The molecule has 0 amide bonds. The summed E-state index contributed by atoms with van der Waals surface area (Å²) in [6.45, 7) is 0. The van der Waals surface area contributed by atoms with Gasteiger partial charge in [-0.05, 0) is 70.8 Å². The van der Waals surface area contributed by atoms with Gasteiger partial charge in [0.2, 0.25) is 0 Å². The van der Waals surface area contributed by atoms with Crippen LogP contribution in [-0.2, 0) is 0 Å². The van der Waals surface area contributed by atoms with Crippen LogP contribution < -0.4 is 0 Å². The van der Waals surface area contributed by atoms with E-state index in [1.807, 2.05) is 6.07 Å². The van der Waals surface area contributed by atoms with Crippen molar-refractivity contribution in [1.82, 2.24) is 19.1 Å². The summed E-state index contributed by atoms with van der Waals surface area (Å²) in [6.07, 6.45) is 0. The molecule has 9 aromatic carbocycles. The molecule has 4 heteroatoms. The predicted octanol–water partition coefficient (Wildman–Crippen LogP) is 14.0. The van der Waals surface area contributed by atoms with E-state index in [-0.39, 0.29) is 0 Å². The van der Waals surface area contributed by atoms with Crippen LogP contribution in [0.5, 0.6) is 0 Å². The Morgan fingerprint density at radius 1 is 0.328 bits per heavy atom. The molecule has 0 saturated carbocycles. The summed E-state index contributed by atoms with van der Waals surface area (Å²) in [6, 6.07) is 73.8. The fraction of sp³-hybridized carbons (Fsp3) is 0. The van der Waals surface area contributed by atoms with Crippen molar-refractivity contribution in [3.8, 4) is 45.3 Å². The second kappa shape index (κ2) is 12.9.